The molecule has 0 spiro atoms. The van der Waals surface area contributed by atoms with Crippen molar-refractivity contribution >= 4 is 5.97 Å². The van der Waals surface area contributed by atoms with Crippen LogP contribution >= 0.6 is 0 Å². The fourth-order valence-corrected chi connectivity index (χ4v) is 2.73. The topological polar surface area (TPSA) is 59.7 Å². The predicted molar refractivity (Wildman–Crippen MR) is 95.6 cm³/mol. The Hall–Kier alpha value is -3.01. The number of ether oxygens (including phenoxy) is 1. The van der Waals surface area contributed by atoms with E-state index in [9.17, 15) is 4.79 Å². The minimum Gasteiger partial charge on any atom is -0.489 e. The summed E-state index contributed by atoms with van der Waals surface area (Å²) in [5, 5.41) is 8.85. The molecule has 0 unspecified atom stereocenters. The summed E-state index contributed by atoms with van der Waals surface area (Å²) in [7, 11) is 0. The maximum absolute atomic E-state index is 10.8. The van der Waals surface area contributed by atoms with Gasteiger partial charge in [-0.05, 0) is 36.2 Å². The highest BCUT2D eigenvalue weighted by Crippen LogP contribution is 2.25. The lowest BCUT2D eigenvalue weighted by molar-refractivity contribution is -0.137. The van der Waals surface area contributed by atoms with Gasteiger partial charge in [0.05, 0.1) is 6.42 Å². The van der Waals surface area contributed by atoms with Crippen molar-refractivity contribution in [1.29, 1.82) is 0 Å². The number of carbonyl (C=O) groups is 1. The first-order chi connectivity index (χ1) is 12.1. The van der Waals surface area contributed by atoms with E-state index in [1.54, 1.807) is 0 Å². The molecule has 0 aliphatic heterocycles. The SMILES string of the molecule is Cc1cc(COc2cccc(-c3ccccc3)c2)c(CCC(=O)O)o1. The van der Waals surface area contributed by atoms with Gasteiger partial charge in [0.2, 0.25) is 0 Å². The molecule has 0 atom stereocenters. The van der Waals surface area contributed by atoms with Gasteiger partial charge in [-0.25, -0.2) is 0 Å². The summed E-state index contributed by atoms with van der Waals surface area (Å²) in [6.45, 7) is 2.20. The number of aliphatic carboxylic acids is 1. The molecule has 1 heterocycles. The standard InChI is InChI=1S/C21H20O4/c1-15-12-18(20(25-15)10-11-21(22)23)14-24-19-9-5-8-17(13-19)16-6-3-2-4-7-16/h2-9,12-13H,10-11,14H2,1H3,(H,22,23). The number of hydrogen-bond donors (Lipinski definition) is 1. The van der Waals surface area contributed by atoms with E-state index in [0.29, 0.717) is 18.8 Å². The van der Waals surface area contributed by atoms with Crippen LogP contribution in [0.5, 0.6) is 5.75 Å². The number of furan rings is 1. The third-order valence-electron chi connectivity index (χ3n) is 3.92. The second-order valence-electron chi connectivity index (χ2n) is 5.88. The minimum absolute atomic E-state index is 0.0451. The second-order valence-corrected chi connectivity index (χ2v) is 5.88. The largest absolute Gasteiger partial charge is 0.489 e. The van der Waals surface area contributed by atoms with Crippen LogP contribution in [0.2, 0.25) is 0 Å². The van der Waals surface area contributed by atoms with E-state index in [2.05, 4.69) is 12.1 Å². The molecule has 25 heavy (non-hydrogen) atoms. The zero-order chi connectivity index (χ0) is 17.6. The molecule has 0 aliphatic rings. The van der Waals surface area contributed by atoms with Gasteiger partial charge < -0.3 is 14.3 Å². The van der Waals surface area contributed by atoms with Crippen molar-refractivity contribution in [2.45, 2.75) is 26.4 Å². The molecule has 0 amide bonds. The number of rotatable bonds is 7. The lowest BCUT2D eigenvalue weighted by Gasteiger charge is -2.08. The predicted octanol–water partition coefficient (Wildman–Crippen LogP) is 4.85. The van der Waals surface area contributed by atoms with Crippen LogP contribution < -0.4 is 4.74 Å². The Labute approximate surface area is 146 Å². The van der Waals surface area contributed by atoms with E-state index in [-0.39, 0.29) is 6.42 Å². The van der Waals surface area contributed by atoms with E-state index in [4.69, 9.17) is 14.3 Å². The van der Waals surface area contributed by atoms with Crippen molar-refractivity contribution in [1.82, 2.24) is 0 Å². The molecular weight excluding hydrogens is 316 g/mol. The molecule has 4 heteroatoms. The molecule has 4 nitrogen and oxygen atoms in total. The fraction of sp³-hybridized carbons (Fsp3) is 0.190. The minimum atomic E-state index is -0.837. The summed E-state index contributed by atoms with van der Waals surface area (Å²) in [5.74, 6) is 1.37. The Kier molecular flexibility index (Phi) is 5.19. The third kappa shape index (κ3) is 4.51. The van der Waals surface area contributed by atoms with Crippen LogP contribution in [0.3, 0.4) is 0 Å². The summed E-state index contributed by atoms with van der Waals surface area (Å²) in [5.41, 5.74) is 3.12. The van der Waals surface area contributed by atoms with E-state index >= 15 is 0 Å². The Morgan fingerprint density at radius 1 is 1.04 bits per heavy atom. The maximum atomic E-state index is 10.8. The Bertz CT molecular complexity index is 849. The van der Waals surface area contributed by atoms with Gasteiger partial charge in [-0.1, -0.05) is 42.5 Å². The highest BCUT2D eigenvalue weighted by atomic mass is 16.5. The van der Waals surface area contributed by atoms with E-state index in [1.165, 1.54) is 0 Å². The first kappa shape index (κ1) is 16.8. The molecule has 0 fully saturated rings. The zero-order valence-corrected chi connectivity index (χ0v) is 14.1. The van der Waals surface area contributed by atoms with Gasteiger partial charge in [-0.2, -0.15) is 0 Å². The summed E-state index contributed by atoms with van der Waals surface area (Å²) in [6.07, 6.45) is 0.412. The Morgan fingerprint density at radius 2 is 1.80 bits per heavy atom. The van der Waals surface area contributed by atoms with Gasteiger partial charge in [-0.15, -0.1) is 0 Å². The lowest BCUT2D eigenvalue weighted by Crippen LogP contribution is -2.01. The second kappa shape index (κ2) is 7.71. The maximum Gasteiger partial charge on any atom is 0.303 e. The molecule has 3 rings (SSSR count). The molecule has 128 valence electrons. The zero-order valence-electron chi connectivity index (χ0n) is 14.1. The number of benzene rings is 2. The molecule has 3 aromatic rings. The summed E-state index contributed by atoms with van der Waals surface area (Å²) >= 11 is 0. The lowest BCUT2D eigenvalue weighted by atomic mass is 10.1. The molecule has 1 aromatic heterocycles. The quantitative estimate of drug-likeness (QED) is 0.670. The Balaban J connectivity index is 1.71. The number of carboxylic acids is 1. The Morgan fingerprint density at radius 3 is 2.56 bits per heavy atom. The first-order valence-electron chi connectivity index (χ1n) is 8.20. The molecule has 1 N–H and O–H groups in total. The first-order valence-corrected chi connectivity index (χ1v) is 8.20. The highest BCUT2D eigenvalue weighted by molar-refractivity contribution is 5.67. The summed E-state index contributed by atoms with van der Waals surface area (Å²) in [6, 6.07) is 19.9. The van der Waals surface area contributed by atoms with Crippen molar-refractivity contribution in [3.8, 4) is 16.9 Å². The van der Waals surface area contributed by atoms with Gasteiger partial charge in [0, 0.05) is 12.0 Å². The van der Waals surface area contributed by atoms with Gasteiger partial charge in [0.15, 0.2) is 0 Å². The number of carboxylic acid groups (broad SMARTS) is 1. The highest BCUT2D eigenvalue weighted by Gasteiger charge is 2.12. The fourth-order valence-electron chi connectivity index (χ4n) is 2.73. The van der Waals surface area contributed by atoms with Crippen LogP contribution in [0.1, 0.15) is 23.5 Å². The van der Waals surface area contributed by atoms with E-state index < -0.39 is 5.97 Å². The van der Waals surface area contributed by atoms with Crippen molar-refractivity contribution < 1.29 is 19.1 Å². The number of aryl methyl sites for hydroxylation is 2. The van der Waals surface area contributed by atoms with Gasteiger partial charge in [0.1, 0.15) is 23.9 Å². The van der Waals surface area contributed by atoms with Crippen molar-refractivity contribution in [3.63, 3.8) is 0 Å². The van der Waals surface area contributed by atoms with Crippen LogP contribution in [0.15, 0.2) is 65.1 Å². The van der Waals surface area contributed by atoms with E-state index in [1.807, 2.05) is 55.5 Å². The monoisotopic (exact) mass is 336 g/mol. The normalized spacial score (nSPS) is 10.6. The van der Waals surface area contributed by atoms with Crippen molar-refractivity contribution in [2.24, 2.45) is 0 Å². The average molecular weight is 336 g/mol. The molecule has 2 aromatic carbocycles. The summed E-state index contributed by atoms with van der Waals surface area (Å²) < 4.78 is 11.5. The van der Waals surface area contributed by atoms with Crippen LogP contribution in [-0.2, 0) is 17.8 Å². The molecular formula is C21H20O4. The van der Waals surface area contributed by atoms with Gasteiger partial charge in [-0.3, -0.25) is 4.79 Å². The molecule has 0 radical (unpaired) electrons. The van der Waals surface area contributed by atoms with Crippen molar-refractivity contribution in [2.75, 3.05) is 0 Å². The van der Waals surface area contributed by atoms with Crippen LogP contribution in [0, 0.1) is 6.92 Å². The molecule has 0 saturated carbocycles. The molecule has 0 saturated heterocycles. The summed E-state index contributed by atoms with van der Waals surface area (Å²) in [4.78, 5) is 10.8. The molecule has 0 bridgehead atoms. The van der Waals surface area contributed by atoms with Crippen molar-refractivity contribution in [3.05, 3.63) is 77.7 Å². The van der Waals surface area contributed by atoms with Crippen LogP contribution in [0.25, 0.3) is 11.1 Å². The van der Waals surface area contributed by atoms with E-state index in [0.717, 1.165) is 28.2 Å². The van der Waals surface area contributed by atoms with Crippen LogP contribution in [0.4, 0.5) is 0 Å². The van der Waals surface area contributed by atoms with Gasteiger partial charge >= 0.3 is 5.97 Å². The average Bonchev–Trinajstić information content (AvgIpc) is 2.99. The van der Waals surface area contributed by atoms with Crippen LogP contribution in [-0.4, -0.2) is 11.1 Å². The number of hydrogen-bond acceptors (Lipinski definition) is 3. The smallest absolute Gasteiger partial charge is 0.303 e. The third-order valence-corrected chi connectivity index (χ3v) is 3.92. The van der Waals surface area contributed by atoms with Gasteiger partial charge in [0.25, 0.3) is 0 Å². The molecule has 0 aliphatic carbocycles.